The van der Waals surface area contributed by atoms with Gasteiger partial charge in [0.15, 0.2) is 5.75 Å². The summed E-state index contributed by atoms with van der Waals surface area (Å²) in [4.78, 5) is 27.2. The number of carbonyl (C=O) groups excluding carboxylic acids is 1. The number of fused-ring (bicyclic) bond motifs is 1. The first-order valence-electron chi connectivity index (χ1n) is 8.22. The molecule has 27 heavy (non-hydrogen) atoms. The third-order valence-corrected chi connectivity index (χ3v) is 4.51. The zero-order valence-corrected chi connectivity index (χ0v) is 16.2. The number of hydrogen-bond donors (Lipinski definition) is 0. The standard InChI is InChI=1S/C19H19ClN4O3/c1-5-12(9-21-2)24-10-15-17(19(24)25)13(20)7-14(23-15)11-6-16(26-3)18(27-4)22-8-11/h5-9H,10H2,1-4H3/b12-5+,21-9-. The van der Waals surface area contributed by atoms with Crippen LogP contribution in [0.3, 0.4) is 0 Å². The molecule has 0 spiro atoms. The van der Waals surface area contributed by atoms with E-state index in [0.717, 1.165) is 0 Å². The second-order valence-electron chi connectivity index (χ2n) is 5.74. The van der Waals surface area contributed by atoms with Gasteiger partial charge < -0.3 is 14.4 Å². The van der Waals surface area contributed by atoms with Crippen LogP contribution in [0.2, 0.25) is 5.02 Å². The van der Waals surface area contributed by atoms with Crippen LogP contribution in [0.15, 0.2) is 35.1 Å². The van der Waals surface area contributed by atoms with Crippen molar-refractivity contribution in [1.82, 2.24) is 14.9 Å². The lowest BCUT2D eigenvalue weighted by Crippen LogP contribution is -2.24. The van der Waals surface area contributed by atoms with Gasteiger partial charge in [-0.15, -0.1) is 0 Å². The number of ether oxygens (including phenoxy) is 2. The molecule has 0 saturated carbocycles. The van der Waals surface area contributed by atoms with Gasteiger partial charge in [-0.1, -0.05) is 17.7 Å². The first-order chi connectivity index (χ1) is 13.0. The third-order valence-electron chi connectivity index (χ3n) is 4.21. The van der Waals surface area contributed by atoms with Crippen LogP contribution in [0, 0.1) is 0 Å². The number of aromatic nitrogens is 2. The summed E-state index contributed by atoms with van der Waals surface area (Å²) in [5, 5.41) is 0.348. The maximum atomic E-state index is 12.8. The van der Waals surface area contributed by atoms with Crippen LogP contribution in [0.1, 0.15) is 23.0 Å². The molecule has 3 heterocycles. The van der Waals surface area contributed by atoms with E-state index < -0.39 is 0 Å². The van der Waals surface area contributed by atoms with E-state index in [0.29, 0.717) is 51.4 Å². The van der Waals surface area contributed by atoms with Gasteiger partial charge >= 0.3 is 0 Å². The molecule has 0 aromatic carbocycles. The molecule has 0 unspecified atom stereocenters. The highest BCUT2D eigenvalue weighted by atomic mass is 35.5. The number of aliphatic imine (C=N–C) groups is 1. The SMILES string of the molecule is C/C=C(\C=N/C)N1Cc2nc(-c3cnc(OC)c(OC)c3)cc(Cl)c2C1=O. The van der Waals surface area contributed by atoms with Crippen LogP contribution < -0.4 is 9.47 Å². The fourth-order valence-electron chi connectivity index (χ4n) is 2.92. The Morgan fingerprint density at radius 3 is 2.74 bits per heavy atom. The van der Waals surface area contributed by atoms with Crippen LogP contribution in [0.4, 0.5) is 0 Å². The summed E-state index contributed by atoms with van der Waals surface area (Å²) < 4.78 is 10.5. The van der Waals surface area contributed by atoms with Crippen molar-refractivity contribution in [3.05, 3.63) is 46.4 Å². The zero-order chi connectivity index (χ0) is 19.6. The summed E-state index contributed by atoms with van der Waals surface area (Å²) >= 11 is 6.43. The maximum absolute atomic E-state index is 12.8. The number of nitrogens with zero attached hydrogens (tertiary/aromatic N) is 4. The fourth-order valence-corrected chi connectivity index (χ4v) is 3.21. The van der Waals surface area contributed by atoms with Crippen LogP contribution in [0.5, 0.6) is 11.6 Å². The van der Waals surface area contributed by atoms with Gasteiger partial charge in [-0.25, -0.2) is 9.97 Å². The predicted molar refractivity (Wildman–Crippen MR) is 104 cm³/mol. The topological polar surface area (TPSA) is 76.9 Å². The van der Waals surface area contributed by atoms with Crippen molar-refractivity contribution < 1.29 is 14.3 Å². The second kappa shape index (κ2) is 7.75. The molecule has 3 rings (SSSR count). The average molecular weight is 387 g/mol. The molecule has 0 aliphatic carbocycles. The summed E-state index contributed by atoms with van der Waals surface area (Å²) in [6, 6.07) is 3.43. The van der Waals surface area contributed by atoms with Gasteiger partial charge in [-0.05, 0) is 19.1 Å². The first-order valence-corrected chi connectivity index (χ1v) is 8.60. The number of rotatable bonds is 5. The summed E-state index contributed by atoms with van der Waals surface area (Å²) in [6.07, 6.45) is 5.09. The Balaban J connectivity index is 2.04. The van der Waals surface area contributed by atoms with E-state index in [-0.39, 0.29) is 5.91 Å². The summed E-state index contributed by atoms with van der Waals surface area (Å²) in [6.45, 7) is 2.18. The number of hydrogen-bond acceptors (Lipinski definition) is 6. The summed E-state index contributed by atoms with van der Waals surface area (Å²) in [5.74, 6) is 0.681. The van der Waals surface area contributed by atoms with E-state index in [9.17, 15) is 4.79 Å². The van der Waals surface area contributed by atoms with Gasteiger partial charge in [0.25, 0.3) is 11.8 Å². The maximum Gasteiger partial charge on any atom is 0.262 e. The number of amides is 1. The van der Waals surface area contributed by atoms with Crippen molar-refractivity contribution >= 4 is 23.7 Å². The molecule has 7 nitrogen and oxygen atoms in total. The number of allylic oxidation sites excluding steroid dienone is 2. The molecular formula is C19H19ClN4O3. The third kappa shape index (κ3) is 3.38. The van der Waals surface area contributed by atoms with Crippen molar-refractivity contribution in [2.24, 2.45) is 4.99 Å². The van der Waals surface area contributed by atoms with Crippen LogP contribution >= 0.6 is 11.6 Å². The van der Waals surface area contributed by atoms with Gasteiger partial charge in [0, 0.05) is 25.0 Å². The highest BCUT2D eigenvalue weighted by Gasteiger charge is 2.33. The minimum atomic E-state index is -0.188. The second-order valence-corrected chi connectivity index (χ2v) is 6.15. The van der Waals surface area contributed by atoms with Crippen molar-refractivity contribution in [3.63, 3.8) is 0 Å². The Bertz CT molecular complexity index is 956. The van der Waals surface area contributed by atoms with Gasteiger partial charge in [-0.2, -0.15) is 0 Å². The highest BCUT2D eigenvalue weighted by molar-refractivity contribution is 6.34. The van der Waals surface area contributed by atoms with Crippen LogP contribution in [0.25, 0.3) is 11.3 Å². The molecule has 1 amide bonds. The molecule has 8 heteroatoms. The Morgan fingerprint density at radius 2 is 2.11 bits per heavy atom. The molecule has 2 aromatic rings. The van der Waals surface area contributed by atoms with Crippen molar-refractivity contribution in [1.29, 1.82) is 0 Å². The smallest absolute Gasteiger partial charge is 0.262 e. The predicted octanol–water partition coefficient (Wildman–Crippen LogP) is 3.37. The molecule has 140 valence electrons. The molecule has 2 aromatic heterocycles. The van der Waals surface area contributed by atoms with E-state index >= 15 is 0 Å². The zero-order valence-electron chi connectivity index (χ0n) is 15.5. The molecule has 0 saturated heterocycles. The lowest BCUT2D eigenvalue weighted by molar-refractivity contribution is 0.0834. The minimum Gasteiger partial charge on any atom is -0.491 e. The van der Waals surface area contributed by atoms with E-state index in [1.807, 2.05) is 13.0 Å². The molecule has 1 aliphatic rings. The van der Waals surface area contributed by atoms with E-state index in [1.165, 1.54) is 14.2 Å². The van der Waals surface area contributed by atoms with Crippen LogP contribution in [-0.4, -0.2) is 48.3 Å². The van der Waals surface area contributed by atoms with Gasteiger partial charge in [-0.3, -0.25) is 9.79 Å². The van der Waals surface area contributed by atoms with Crippen molar-refractivity contribution in [2.45, 2.75) is 13.5 Å². The molecule has 0 bridgehead atoms. The number of halogens is 1. The molecule has 1 aliphatic heterocycles. The fraction of sp³-hybridized carbons (Fsp3) is 0.263. The molecule has 0 atom stereocenters. The first kappa shape index (κ1) is 18.8. The number of pyridine rings is 2. The Hall–Kier alpha value is -2.93. The largest absolute Gasteiger partial charge is 0.491 e. The Labute approximate surface area is 162 Å². The van der Waals surface area contributed by atoms with Gasteiger partial charge in [0.1, 0.15) is 0 Å². The number of carbonyl (C=O) groups is 1. The molecule has 0 N–H and O–H groups in total. The van der Waals surface area contributed by atoms with E-state index in [1.54, 1.807) is 36.5 Å². The molecule has 0 fully saturated rings. The van der Waals surface area contributed by atoms with Crippen molar-refractivity contribution in [2.75, 3.05) is 21.3 Å². The quantitative estimate of drug-likeness (QED) is 0.736. The Morgan fingerprint density at radius 1 is 1.33 bits per heavy atom. The van der Waals surface area contributed by atoms with Crippen molar-refractivity contribution in [3.8, 4) is 22.9 Å². The van der Waals surface area contributed by atoms with Gasteiger partial charge in [0.2, 0.25) is 0 Å². The minimum absolute atomic E-state index is 0.188. The Kier molecular flexibility index (Phi) is 5.41. The number of methoxy groups -OCH3 is 2. The summed E-state index contributed by atoms with van der Waals surface area (Å²) in [5.41, 5.74) is 3.04. The summed E-state index contributed by atoms with van der Waals surface area (Å²) in [7, 11) is 4.72. The highest BCUT2D eigenvalue weighted by Crippen LogP contribution is 2.35. The van der Waals surface area contributed by atoms with Gasteiger partial charge in [0.05, 0.1) is 48.4 Å². The molecular weight excluding hydrogens is 368 g/mol. The lowest BCUT2D eigenvalue weighted by atomic mass is 10.1. The monoisotopic (exact) mass is 386 g/mol. The normalized spacial score (nSPS) is 14.0. The van der Waals surface area contributed by atoms with Crippen LogP contribution in [-0.2, 0) is 6.54 Å². The average Bonchev–Trinajstić information content (AvgIpc) is 3.02. The molecule has 0 radical (unpaired) electrons. The van der Waals surface area contributed by atoms with E-state index in [2.05, 4.69) is 15.0 Å². The lowest BCUT2D eigenvalue weighted by Gasteiger charge is -2.15. The van der Waals surface area contributed by atoms with E-state index in [4.69, 9.17) is 21.1 Å².